The maximum absolute atomic E-state index is 12.0. The van der Waals surface area contributed by atoms with E-state index in [1.54, 1.807) is 0 Å². The standard InChI is InChI=1S/C18H23NO3/c1-11(2)12-6-7-15-14(8-12)13(9-16(20)22-15)10-19-17(21)18(3,4)5/h6-9,11H,10H2,1-5H3,(H,19,21). The number of fused-ring (bicyclic) bond motifs is 1. The Balaban J connectivity index is 2.41. The van der Waals surface area contributed by atoms with E-state index in [4.69, 9.17) is 4.42 Å². The number of amides is 1. The minimum Gasteiger partial charge on any atom is -0.423 e. The second kappa shape index (κ2) is 5.95. The molecule has 0 unspecified atom stereocenters. The van der Waals surface area contributed by atoms with Crippen LogP contribution in [0.2, 0.25) is 0 Å². The average molecular weight is 301 g/mol. The van der Waals surface area contributed by atoms with Crippen LogP contribution in [0.3, 0.4) is 0 Å². The van der Waals surface area contributed by atoms with Crippen LogP contribution < -0.4 is 10.9 Å². The van der Waals surface area contributed by atoms with Crippen molar-refractivity contribution in [3.63, 3.8) is 0 Å². The number of benzene rings is 1. The highest BCUT2D eigenvalue weighted by molar-refractivity contribution is 5.84. The Kier molecular flexibility index (Phi) is 4.40. The van der Waals surface area contributed by atoms with Gasteiger partial charge in [-0.1, -0.05) is 40.7 Å². The smallest absolute Gasteiger partial charge is 0.336 e. The molecule has 4 heteroatoms. The van der Waals surface area contributed by atoms with Crippen LogP contribution >= 0.6 is 0 Å². The van der Waals surface area contributed by atoms with Gasteiger partial charge in [0, 0.05) is 23.4 Å². The Hall–Kier alpha value is -2.10. The van der Waals surface area contributed by atoms with Crippen molar-refractivity contribution in [2.24, 2.45) is 5.41 Å². The van der Waals surface area contributed by atoms with Gasteiger partial charge in [-0.3, -0.25) is 4.79 Å². The molecule has 118 valence electrons. The molecular weight excluding hydrogens is 278 g/mol. The Labute approximate surface area is 130 Å². The fourth-order valence-corrected chi connectivity index (χ4v) is 2.19. The van der Waals surface area contributed by atoms with E-state index in [0.29, 0.717) is 18.0 Å². The normalized spacial score (nSPS) is 11.9. The van der Waals surface area contributed by atoms with Gasteiger partial charge >= 0.3 is 5.63 Å². The molecule has 0 radical (unpaired) electrons. The number of hydrogen-bond donors (Lipinski definition) is 1. The van der Waals surface area contributed by atoms with Crippen molar-refractivity contribution in [2.45, 2.75) is 47.1 Å². The zero-order valence-corrected chi connectivity index (χ0v) is 13.8. The maximum Gasteiger partial charge on any atom is 0.336 e. The Morgan fingerprint density at radius 1 is 1.23 bits per heavy atom. The number of rotatable bonds is 3. The Morgan fingerprint density at radius 2 is 1.91 bits per heavy atom. The zero-order chi connectivity index (χ0) is 16.5. The summed E-state index contributed by atoms with van der Waals surface area (Å²) in [4.78, 5) is 23.7. The summed E-state index contributed by atoms with van der Waals surface area (Å²) >= 11 is 0. The lowest BCUT2D eigenvalue weighted by molar-refractivity contribution is -0.128. The van der Waals surface area contributed by atoms with Gasteiger partial charge in [0.05, 0.1) is 0 Å². The molecule has 0 saturated carbocycles. The van der Waals surface area contributed by atoms with Gasteiger partial charge in [-0.05, 0) is 29.2 Å². The first-order chi connectivity index (χ1) is 10.2. The second-order valence-corrected chi connectivity index (χ2v) is 6.93. The molecule has 0 aliphatic rings. The molecule has 4 nitrogen and oxygen atoms in total. The van der Waals surface area contributed by atoms with Crippen LogP contribution in [0, 0.1) is 5.41 Å². The van der Waals surface area contributed by atoms with Crippen molar-refractivity contribution in [3.8, 4) is 0 Å². The lowest BCUT2D eigenvalue weighted by Crippen LogP contribution is -2.34. The van der Waals surface area contributed by atoms with E-state index < -0.39 is 11.0 Å². The largest absolute Gasteiger partial charge is 0.423 e. The fourth-order valence-electron chi connectivity index (χ4n) is 2.19. The quantitative estimate of drug-likeness (QED) is 0.882. The summed E-state index contributed by atoms with van der Waals surface area (Å²) < 4.78 is 5.24. The van der Waals surface area contributed by atoms with Gasteiger partial charge in [0.15, 0.2) is 0 Å². The topological polar surface area (TPSA) is 59.3 Å². The van der Waals surface area contributed by atoms with E-state index in [-0.39, 0.29) is 5.91 Å². The molecular formula is C18H23NO3. The third kappa shape index (κ3) is 3.56. The first-order valence-corrected chi connectivity index (χ1v) is 7.53. The summed E-state index contributed by atoms with van der Waals surface area (Å²) in [6, 6.07) is 7.27. The van der Waals surface area contributed by atoms with E-state index in [0.717, 1.165) is 10.9 Å². The summed E-state index contributed by atoms with van der Waals surface area (Å²) in [7, 11) is 0. The minimum atomic E-state index is -0.460. The van der Waals surface area contributed by atoms with Gasteiger partial charge in [-0.25, -0.2) is 4.79 Å². The van der Waals surface area contributed by atoms with Gasteiger partial charge in [-0.2, -0.15) is 0 Å². The van der Waals surface area contributed by atoms with Crippen LogP contribution in [0.15, 0.2) is 33.5 Å². The summed E-state index contributed by atoms with van der Waals surface area (Å²) in [6.07, 6.45) is 0. The van der Waals surface area contributed by atoms with Crippen LogP contribution in [0.1, 0.15) is 51.7 Å². The molecule has 1 amide bonds. The molecule has 0 saturated heterocycles. The Morgan fingerprint density at radius 3 is 2.50 bits per heavy atom. The molecule has 0 aliphatic heterocycles. The number of carbonyl (C=O) groups is 1. The van der Waals surface area contributed by atoms with Crippen molar-refractivity contribution in [2.75, 3.05) is 0 Å². The minimum absolute atomic E-state index is 0.0473. The molecule has 0 aliphatic carbocycles. The molecule has 2 rings (SSSR count). The van der Waals surface area contributed by atoms with Crippen molar-refractivity contribution in [1.29, 1.82) is 0 Å². The third-order valence-electron chi connectivity index (χ3n) is 3.64. The lowest BCUT2D eigenvalue weighted by Gasteiger charge is -2.18. The van der Waals surface area contributed by atoms with Crippen molar-refractivity contribution in [3.05, 3.63) is 45.8 Å². The van der Waals surface area contributed by atoms with E-state index in [1.165, 1.54) is 11.6 Å². The van der Waals surface area contributed by atoms with E-state index >= 15 is 0 Å². The predicted molar refractivity (Wildman–Crippen MR) is 87.9 cm³/mol. The maximum atomic E-state index is 12.0. The third-order valence-corrected chi connectivity index (χ3v) is 3.64. The average Bonchev–Trinajstić information content (AvgIpc) is 2.42. The van der Waals surface area contributed by atoms with Crippen LogP contribution in [0.25, 0.3) is 11.0 Å². The highest BCUT2D eigenvalue weighted by atomic mass is 16.4. The van der Waals surface area contributed by atoms with Gasteiger partial charge in [0.1, 0.15) is 5.58 Å². The van der Waals surface area contributed by atoms with E-state index in [9.17, 15) is 9.59 Å². The monoisotopic (exact) mass is 301 g/mol. The summed E-state index contributed by atoms with van der Waals surface area (Å²) in [5.41, 5.74) is 1.65. The second-order valence-electron chi connectivity index (χ2n) is 6.93. The number of hydrogen-bond acceptors (Lipinski definition) is 3. The van der Waals surface area contributed by atoms with Gasteiger partial charge in [0.2, 0.25) is 5.91 Å². The predicted octanol–water partition coefficient (Wildman–Crippen LogP) is 3.58. The van der Waals surface area contributed by atoms with Crippen LogP contribution in [-0.4, -0.2) is 5.91 Å². The molecule has 1 aromatic carbocycles. The first kappa shape index (κ1) is 16.3. The van der Waals surface area contributed by atoms with Gasteiger partial charge in [-0.15, -0.1) is 0 Å². The van der Waals surface area contributed by atoms with Crippen molar-refractivity contribution in [1.82, 2.24) is 5.32 Å². The van der Waals surface area contributed by atoms with Crippen LogP contribution in [-0.2, 0) is 11.3 Å². The highest BCUT2D eigenvalue weighted by Crippen LogP contribution is 2.23. The van der Waals surface area contributed by atoms with Crippen molar-refractivity contribution < 1.29 is 9.21 Å². The van der Waals surface area contributed by atoms with Gasteiger partial charge in [0.25, 0.3) is 0 Å². The molecule has 22 heavy (non-hydrogen) atoms. The van der Waals surface area contributed by atoms with Crippen molar-refractivity contribution >= 4 is 16.9 Å². The molecule has 0 bridgehead atoms. The number of carbonyl (C=O) groups excluding carboxylic acids is 1. The molecule has 1 heterocycles. The van der Waals surface area contributed by atoms with Crippen LogP contribution in [0.4, 0.5) is 0 Å². The first-order valence-electron chi connectivity index (χ1n) is 7.53. The SMILES string of the molecule is CC(C)c1ccc2oc(=O)cc(CNC(=O)C(C)(C)C)c2c1. The zero-order valence-electron chi connectivity index (χ0n) is 13.8. The summed E-state index contributed by atoms with van der Waals surface area (Å²) in [5, 5.41) is 3.76. The van der Waals surface area contributed by atoms with E-state index in [1.807, 2.05) is 39.0 Å². The number of nitrogens with one attached hydrogen (secondary N) is 1. The summed E-state index contributed by atoms with van der Waals surface area (Å²) in [5.74, 6) is 0.335. The fraction of sp³-hybridized carbons (Fsp3) is 0.444. The molecule has 2 aromatic rings. The molecule has 0 fully saturated rings. The van der Waals surface area contributed by atoms with E-state index in [2.05, 4.69) is 19.2 Å². The Bertz CT molecular complexity index is 751. The molecule has 0 spiro atoms. The summed E-state index contributed by atoms with van der Waals surface area (Å²) in [6.45, 7) is 10.1. The molecule has 1 aromatic heterocycles. The highest BCUT2D eigenvalue weighted by Gasteiger charge is 2.21. The molecule has 0 atom stereocenters. The van der Waals surface area contributed by atoms with Gasteiger partial charge < -0.3 is 9.73 Å². The molecule has 1 N–H and O–H groups in total. The van der Waals surface area contributed by atoms with Crippen LogP contribution in [0.5, 0.6) is 0 Å². The lowest BCUT2D eigenvalue weighted by atomic mass is 9.95.